The molecule has 0 amide bonds. The van der Waals surface area contributed by atoms with Crippen LogP contribution in [0.4, 0.5) is 0 Å². The second-order valence-electron chi connectivity index (χ2n) is 5.27. The Labute approximate surface area is 130 Å². The Morgan fingerprint density at radius 3 is 2.36 bits per heavy atom. The molecule has 0 fully saturated rings. The van der Waals surface area contributed by atoms with E-state index in [1.54, 1.807) is 0 Å². The van der Waals surface area contributed by atoms with Gasteiger partial charge in [0.2, 0.25) is 10.0 Å². The molecule has 0 aliphatic carbocycles. The van der Waals surface area contributed by atoms with Crippen molar-refractivity contribution in [2.45, 2.75) is 24.3 Å². The van der Waals surface area contributed by atoms with Gasteiger partial charge in [-0.25, -0.2) is 12.7 Å². The van der Waals surface area contributed by atoms with E-state index >= 15 is 0 Å². The highest BCUT2D eigenvalue weighted by Crippen LogP contribution is 2.11. The molecule has 0 atom stereocenters. The van der Waals surface area contributed by atoms with Crippen molar-refractivity contribution in [1.29, 1.82) is 0 Å². The van der Waals surface area contributed by atoms with Crippen LogP contribution in [0.3, 0.4) is 0 Å². The highest BCUT2D eigenvalue weighted by Gasteiger charge is 2.17. The van der Waals surface area contributed by atoms with Crippen molar-refractivity contribution >= 4 is 10.0 Å². The van der Waals surface area contributed by atoms with E-state index < -0.39 is 10.0 Å². The Kier molecular flexibility index (Phi) is 5.15. The van der Waals surface area contributed by atoms with Gasteiger partial charge in [0.25, 0.3) is 5.56 Å². The van der Waals surface area contributed by atoms with Crippen molar-refractivity contribution in [3.05, 3.63) is 64.6 Å². The Bertz CT molecular complexity index is 781. The van der Waals surface area contributed by atoms with Crippen molar-refractivity contribution in [3.8, 4) is 0 Å². The largest absolute Gasteiger partial charge is 0.314 e. The predicted molar refractivity (Wildman–Crippen MR) is 86.3 cm³/mol. The second-order valence-corrected chi connectivity index (χ2v) is 7.42. The van der Waals surface area contributed by atoms with Crippen LogP contribution in [0.2, 0.25) is 0 Å². The number of hydrogen-bond donors (Lipinski definition) is 0. The summed E-state index contributed by atoms with van der Waals surface area (Å²) in [6.07, 6.45) is 3.04. The number of sulfonamides is 1. The lowest BCUT2D eigenvalue weighted by Gasteiger charge is -2.13. The molecule has 1 heterocycles. The smallest absolute Gasteiger partial charge is 0.250 e. The van der Waals surface area contributed by atoms with Gasteiger partial charge in [0.15, 0.2) is 0 Å². The van der Waals surface area contributed by atoms with Gasteiger partial charge >= 0.3 is 0 Å². The topological polar surface area (TPSA) is 59.4 Å². The molecule has 22 heavy (non-hydrogen) atoms. The molecule has 0 bridgehead atoms. The molecule has 5 nitrogen and oxygen atoms in total. The van der Waals surface area contributed by atoms with Gasteiger partial charge in [-0.1, -0.05) is 30.3 Å². The van der Waals surface area contributed by atoms with Crippen LogP contribution in [0, 0.1) is 0 Å². The summed E-state index contributed by atoms with van der Waals surface area (Å²) in [4.78, 5) is 12.0. The fourth-order valence-corrected chi connectivity index (χ4v) is 3.07. The third kappa shape index (κ3) is 3.84. The molecule has 0 unspecified atom stereocenters. The molecule has 118 valence electrons. The van der Waals surface area contributed by atoms with Crippen LogP contribution in [0.5, 0.6) is 0 Å². The fraction of sp³-hybridized carbons (Fsp3) is 0.312. The molecule has 2 aromatic rings. The number of aromatic nitrogens is 1. The normalized spacial score (nSPS) is 11.8. The molecule has 0 saturated carbocycles. The number of pyridine rings is 1. The van der Waals surface area contributed by atoms with Crippen molar-refractivity contribution in [1.82, 2.24) is 8.87 Å². The minimum atomic E-state index is -3.52. The lowest BCUT2D eigenvalue weighted by molar-refractivity contribution is 0.517. The van der Waals surface area contributed by atoms with Crippen molar-refractivity contribution < 1.29 is 8.42 Å². The van der Waals surface area contributed by atoms with Crippen LogP contribution in [0.25, 0.3) is 0 Å². The highest BCUT2D eigenvalue weighted by molar-refractivity contribution is 7.89. The number of nitrogens with zero attached hydrogens (tertiary/aromatic N) is 2. The second kappa shape index (κ2) is 6.89. The Balaban J connectivity index is 2.13. The average molecular weight is 320 g/mol. The van der Waals surface area contributed by atoms with Crippen LogP contribution in [-0.4, -0.2) is 31.4 Å². The first kappa shape index (κ1) is 16.5. The third-order valence-electron chi connectivity index (χ3n) is 3.44. The Morgan fingerprint density at radius 2 is 1.73 bits per heavy atom. The van der Waals surface area contributed by atoms with Crippen molar-refractivity contribution in [2.75, 3.05) is 14.1 Å². The zero-order chi connectivity index (χ0) is 16.2. The van der Waals surface area contributed by atoms with E-state index in [1.807, 2.05) is 30.3 Å². The number of rotatable bonds is 6. The van der Waals surface area contributed by atoms with E-state index in [2.05, 4.69) is 0 Å². The Morgan fingerprint density at radius 1 is 1.05 bits per heavy atom. The molecule has 0 aliphatic heterocycles. The monoisotopic (exact) mass is 320 g/mol. The van der Waals surface area contributed by atoms with Crippen LogP contribution in [0.15, 0.2) is 58.4 Å². The molecular weight excluding hydrogens is 300 g/mol. The first-order valence-electron chi connectivity index (χ1n) is 7.08. The molecule has 2 rings (SSSR count). The van der Waals surface area contributed by atoms with Gasteiger partial charge in [-0.15, -0.1) is 0 Å². The third-order valence-corrected chi connectivity index (χ3v) is 5.24. The van der Waals surface area contributed by atoms with E-state index in [9.17, 15) is 13.2 Å². The van der Waals surface area contributed by atoms with Gasteiger partial charge < -0.3 is 4.57 Å². The van der Waals surface area contributed by atoms with Crippen molar-refractivity contribution in [2.24, 2.45) is 0 Å². The average Bonchev–Trinajstić information content (AvgIpc) is 2.50. The lowest BCUT2D eigenvalue weighted by atomic mass is 10.1. The molecule has 0 saturated heterocycles. The SMILES string of the molecule is CN(C)S(=O)(=O)c1ccc(=O)n(CCCc2ccccc2)c1. The molecule has 6 heteroatoms. The predicted octanol–water partition coefficient (Wildman–Crippen LogP) is 1.73. The molecule has 0 aliphatic rings. The Hall–Kier alpha value is -1.92. The van der Waals surface area contributed by atoms with Crippen LogP contribution >= 0.6 is 0 Å². The van der Waals surface area contributed by atoms with Gasteiger partial charge in [0, 0.05) is 32.9 Å². The number of hydrogen-bond acceptors (Lipinski definition) is 3. The minimum Gasteiger partial charge on any atom is -0.314 e. The number of aryl methyl sites for hydroxylation is 2. The summed E-state index contributed by atoms with van der Waals surface area (Å²) < 4.78 is 26.8. The molecule has 0 spiro atoms. The first-order valence-corrected chi connectivity index (χ1v) is 8.52. The zero-order valence-electron chi connectivity index (χ0n) is 12.8. The van der Waals surface area contributed by atoms with E-state index in [4.69, 9.17) is 0 Å². The quantitative estimate of drug-likeness (QED) is 0.814. The first-order chi connectivity index (χ1) is 10.4. The summed E-state index contributed by atoms with van der Waals surface area (Å²) in [6.45, 7) is 0.491. The van der Waals surface area contributed by atoms with Crippen LogP contribution < -0.4 is 5.56 Å². The van der Waals surface area contributed by atoms with E-state index in [0.29, 0.717) is 6.54 Å². The van der Waals surface area contributed by atoms with Crippen LogP contribution in [-0.2, 0) is 23.0 Å². The summed E-state index contributed by atoms with van der Waals surface area (Å²) in [5.74, 6) is 0. The fourth-order valence-electron chi connectivity index (χ4n) is 2.15. The van der Waals surface area contributed by atoms with E-state index in [0.717, 1.165) is 17.1 Å². The number of benzene rings is 1. The summed E-state index contributed by atoms with van der Waals surface area (Å²) in [5, 5.41) is 0. The van der Waals surface area contributed by atoms with Gasteiger partial charge in [-0.05, 0) is 24.5 Å². The van der Waals surface area contributed by atoms with Crippen molar-refractivity contribution in [3.63, 3.8) is 0 Å². The van der Waals surface area contributed by atoms with Gasteiger partial charge in [-0.3, -0.25) is 4.79 Å². The molecule has 0 N–H and O–H groups in total. The van der Waals surface area contributed by atoms with E-state index in [-0.39, 0.29) is 10.5 Å². The maximum Gasteiger partial charge on any atom is 0.250 e. The standard InChI is InChI=1S/C16H20N2O3S/c1-17(2)22(20,21)15-10-11-16(19)18(13-15)12-6-9-14-7-4-3-5-8-14/h3-5,7-8,10-11,13H,6,9,12H2,1-2H3. The molecule has 1 aromatic heterocycles. The lowest BCUT2D eigenvalue weighted by Crippen LogP contribution is -2.26. The molecule has 0 radical (unpaired) electrons. The molecule has 1 aromatic carbocycles. The minimum absolute atomic E-state index is 0.136. The highest BCUT2D eigenvalue weighted by atomic mass is 32.2. The summed E-state index contributed by atoms with van der Waals surface area (Å²) in [7, 11) is -0.575. The van der Waals surface area contributed by atoms with Gasteiger partial charge in [-0.2, -0.15) is 0 Å². The van der Waals surface area contributed by atoms with Crippen LogP contribution in [0.1, 0.15) is 12.0 Å². The summed E-state index contributed by atoms with van der Waals surface area (Å²) in [6, 6.07) is 12.6. The van der Waals surface area contributed by atoms with E-state index in [1.165, 1.54) is 42.6 Å². The van der Waals surface area contributed by atoms with Gasteiger partial charge in [0.1, 0.15) is 0 Å². The maximum absolute atomic E-state index is 12.1. The summed E-state index contributed by atoms with van der Waals surface area (Å²) >= 11 is 0. The maximum atomic E-state index is 12.1. The van der Waals surface area contributed by atoms with Gasteiger partial charge in [0.05, 0.1) is 4.90 Å². The molecular formula is C16H20N2O3S. The zero-order valence-corrected chi connectivity index (χ0v) is 13.6. The summed E-state index contributed by atoms with van der Waals surface area (Å²) in [5.41, 5.74) is 1.01.